The normalized spacial score (nSPS) is 20.4. The summed E-state index contributed by atoms with van der Waals surface area (Å²) >= 11 is 1.37. The Kier molecular flexibility index (Phi) is 5.64. The first-order valence-corrected chi connectivity index (χ1v) is 9.23. The standard InChI is InChI=1S/C16H24N6O2S/c1-4-13-19-16(25-20-13)17-8-11-7-14(23)22(5-6-24-3)15(11)12-9-18-21(2)10-12/h9-11,15H,4-8H2,1-3H3,(H,17,19,20)/t11-,15+/m0/s1. The van der Waals surface area contributed by atoms with Crippen molar-refractivity contribution in [2.24, 2.45) is 13.0 Å². The van der Waals surface area contributed by atoms with Crippen molar-refractivity contribution in [1.29, 1.82) is 0 Å². The summed E-state index contributed by atoms with van der Waals surface area (Å²) in [6.07, 6.45) is 5.16. The number of rotatable bonds is 8. The fourth-order valence-electron chi connectivity index (χ4n) is 3.23. The number of nitrogens with zero attached hydrogens (tertiary/aromatic N) is 5. The minimum absolute atomic E-state index is 0.00224. The highest BCUT2D eigenvalue weighted by Gasteiger charge is 2.40. The number of hydrogen-bond donors (Lipinski definition) is 1. The zero-order valence-electron chi connectivity index (χ0n) is 14.8. The van der Waals surface area contributed by atoms with Crippen molar-refractivity contribution in [3.8, 4) is 0 Å². The second kappa shape index (κ2) is 7.92. The van der Waals surface area contributed by atoms with E-state index in [4.69, 9.17) is 4.74 Å². The summed E-state index contributed by atoms with van der Waals surface area (Å²) in [5.41, 5.74) is 1.06. The lowest BCUT2D eigenvalue weighted by Gasteiger charge is -2.27. The number of amides is 1. The Morgan fingerprint density at radius 3 is 2.96 bits per heavy atom. The number of anilines is 1. The molecule has 0 unspecified atom stereocenters. The van der Waals surface area contributed by atoms with Gasteiger partial charge in [-0.15, -0.1) is 0 Å². The maximum atomic E-state index is 12.5. The number of carbonyl (C=O) groups is 1. The highest BCUT2D eigenvalue weighted by molar-refractivity contribution is 7.09. The van der Waals surface area contributed by atoms with Gasteiger partial charge >= 0.3 is 0 Å². The summed E-state index contributed by atoms with van der Waals surface area (Å²) in [7, 11) is 3.54. The van der Waals surface area contributed by atoms with Gasteiger partial charge in [-0.3, -0.25) is 9.48 Å². The molecule has 136 valence electrons. The number of carbonyl (C=O) groups excluding carboxylic acids is 1. The predicted octanol–water partition coefficient (Wildman–Crippen LogP) is 1.48. The van der Waals surface area contributed by atoms with Crippen LogP contribution in [0.3, 0.4) is 0 Å². The third-order valence-corrected chi connectivity index (χ3v) is 5.15. The minimum Gasteiger partial charge on any atom is -0.383 e. The molecule has 1 amide bonds. The van der Waals surface area contributed by atoms with Crippen molar-refractivity contribution >= 4 is 22.6 Å². The maximum absolute atomic E-state index is 12.5. The van der Waals surface area contributed by atoms with E-state index in [2.05, 4.69) is 19.8 Å². The summed E-state index contributed by atoms with van der Waals surface area (Å²) < 4.78 is 11.2. The first-order chi connectivity index (χ1) is 12.1. The number of aromatic nitrogens is 4. The summed E-state index contributed by atoms with van der Waals surface area (Å²) in [5.74, 6) is 1.16. The van der Waals surface area contributed by atoms with E-state index in [0.717, 1.165) is 22.9 Å². The molecule has 1 saturated heterocycles. The fraction of sp³-hybridized carbons (Fsp3) is 0.625. The molecule has 0 bridgehead atoms. The van der Waals surface area contributed by atoms with Crippen molar-refractivity contribution < 1.29 is 9.53 Å². The highest BCUT2D eigenvalue weighted by atomic mass is 32.1. The summed E-state index contributed by atoms with van der Waals surface area (Å²) in [5, 5.41) is 8.44. The molecule has 2 aromatic rings. The topological polar surface area (TPSA) is 85.2 Å². The Balaban J connectivity index is 1.74. The van der Waals surface area contributed by atoms with Gasteiger partial charge in [0, 0.05) is 69.3 Å². The summed E-state index contributed by atoms with van der Waals surface area (Å²) in [6.45, 7) is 3.82. The number of hydrogen-bond acceptors (Lipinski definition) is 7. The number of nitrogens with one attached hydrogen (secondary N) is 1. The molecule has 2 atom stereocenters. The quantitative estimate of drug-likeness (QED) is 0.764. The van der Waals surface area contributed by atoms with Crippen molar-refractivity contribution in [3.05, 3.63) is 23.8 Å². The number of methoxy groups -OCH3 is 1. The third kappa shape index (κ3) is 3.98. The van der Waals surface area contributed by atoms with E-state index in [1.807, 2.05) is 31.3 Å². The van der Waals surface area contributed by atoms with E-state index in [-0.39, 0.29) is 17.9 Å². The van der Waals surface area contributed by atoms with Gasteiger partial charge in [0.25, 0.3) is 0 Å². The van der Waals surface area contributed by atoms with Crippen molar-refractivity contribution in [1.82, 2.24) is 24.0 Å². The van der Waals surface area contributed by atoms with Crippen LogP contribution in [0.25, 0.3) is 0 Å². The van der Waals surface area contributed by atoms with Gasteiger partial charge in [-0.05, 0) is 0 Å². The monoisotopic (exact) mass is 364 g/mol. The number of ether oxygens (including phenoxy) is 1. The molecule has 3 heterocycles. The first-order valence-electron chi connectivity index (χ1n) is 8.45. The molecule has 9 heteroatoms. The van der Waals surface area contributed by atoms with E-state index >= 15 is 0 Å². The molecule has 0 aliphatic carbocycles. The molecule has 25 heavy (non-hydrogen) atoms. The Morgan fingerprint density at radius 2 is 2.32 bits per heavy atom. The summed E-state index contributed by atoms with van der Waals surface area (Å²) in [4.78, 5) is 18.9. The van der Waals surface area contributed by atoms with Crippen LogP contribution in [0.1, 0.15) is 30.8 Å². The second-order valence-corrected chi connectivity index (χ2v) is 6.94. The molecule has 1 aliphatic heterocycles. The SMILES string of the molecule is CCc1nsc(NC[C@@H]2CC(=O)N(CCOC)[C@H]2c2cnn(C)c2)n1. The van der Waals surface area contributed by atoms with E-state index in [1.54, 1.807) is 11.8 Å². The van der Waals surface area contributed by atoms with E-state index in [0.29, 0.717) is 26.1 Å². The zero-order chi connectivity index (χ0) is 17.8. The molecule has 0 radical (unpaired) electrons. The summed E-state index contributed by atoms with van der Waals surface area (Å²) in [6, 6.07) is 0.00224. The average molecular weight is 364 g/mol. The molecule has 0 aromatic carbocycles. The smallest absolute Gasteiger partial charge is 0.223 e. The van der Waals surface area contributed by atoms with Crippen LogP contribution in [0.2, 0.25) is 0 Å². The maximum Gasteiger partial charge on any atom is 0.223 e. The molecular weight excluding hydrogens is 340 g/mol. The molecule has 1 fully saturated rings. The van der Waals surface area contributed by atoms with Gasteiger partial charge in [-0.25, -0.2) is 4.98 Å². The van der Waals surface area contributed by atoms with Crippen molar-refractivity contribution in [3.63, 3.8) is 0 Å². The number of aryl methyl sites for hydroxylation is 2. The van der Waals surface area contributed by atoms with Gasteiger partial charge < -0.3 is 15.0 Å². The zero-order valence-corrected chi connectivity index (χ0v) is 15.6. The molecule has 0 saturated carbocycles. The largest absolute Gasteiger partial charge is 0.383 e. The van der Waals surface area contributed by atoms with Crippen LogP contribution in [0.15, 0.2) is 12.4 Å². The lowest BCUT2D eigenvalue weighted by atomic mass is 9.95. The average Bonchev–Trinajstić information content (AvgIpc) is 3.30. The van der Waals surface area contributed by atoms with Crippen LogP contribution in [0, 0.1) is 5.92 Å². The molecule has 1 aliphatic rings. The van der Waals surface area contributed by atoms with Crippen LogP contribution in [0.4, 0.5) is 5.13 Å². The Labute approximate surface area is 151 Å². The lowest BCUT2D eigenvalue weighted by Crippen LogP contribution is -2.33. The van der Waals surface area contributed by atoms with Crippen LogP contribution in [-0.2, 0) is 23.0 Å². The Morgan fingerprint density at radius 1 is 1.48 bits per heavy atom. The van der Waals surface area contributed by atoms with Gasteiger partial charge in [-0.1, -0.05) is 6.92 Å². The predicted molar refractivity (Wildman–Crippen MR) is 95.4 cm³/mol. The van der Waals surface area contributed by atoms with E-state index in [9.17, 15) is 4.79 Å². The van der Waals surface area contributed by atoms with Gasteiger partial charge in [0.15, 0.2) is 0 Å². The van der Waals surface area contributed by atoms with Crippen LogP contribution < -0.4 is 5.32 Å². The van der Waals surface area contributed by atoms with Gasteiger partial charge in [0.2, 0.25) is 11.0 Å². The Bertz CT molecular complexity index is 715. The van der Waals surface area contributed by atoms with E-state index < -0.39 is 0 Å². The molecule has 2 aromatic heterocycles. The third-order valence-electron chi connectivity index (χ3n) is 4.44. The second-order valence-electron chi connectivity index (χ2n) is 6.19. The minimum atomic E-state index is 0.00224. The van der Waals surface area contributed by atoms with Crippen molar-refractivity contribution in [2.45, 2.75) is 25.8 Å². The molecule has 1 N–H and O–H groups in total. The first kappa shape index (κ1) is 17.8. The Hall–Kier alpha value is -2.00. The van der Waals surface area contributed by atoms with Gasteiger partial charge in [0.1, 0.15) is 5.82 Å². The lowest BCUT2D eigenvalue weighted by molar-refractivity contribution is -0.129. The van der Waals surface area contributed by atoms with E-state index in [1.165, 1.54) is 11.5 Å². The fourth-order valence-corrected chi connectivity index (χ4v) is 3.89. The van der Waals surface area contributed by atoms with Crippen LogP contribution in [-0.4, -0.2) is 56.8 Å². The molecular formula is C16H24N6O2S. The highest BCUT2D eigenvalue weighted by Crippen LogP contribution is 2.38. The number of likely N-dealkylation sites (tertiary alicyclic amines) is 1. The van der Waals surface area contributed by atoms with Gasteiger partial charge in [0.05, 0.1) is 18.8 Å². The van der Waals surface area contributed by atoms with Crippen LogP contribution in [0.5, 0.6) is 0 Å². The molecule has 0 spiro atoms. The van der Waals surface area contributed by atoms with Crippen LogP contribution >= 0.6 is 11.5 Å². The van der Waals surface area contributed by atoms with Crippen molar-refractivity contribution in [2.75, 3.05) is 32.1 Å². The van der Waals surface area contributed by atoms with Gasteiger partial charge in [-0.2, -0.15) is 9.47 Å². The molecule has 3 rings (SSSR count). The molecule has 8 nitrogen and oxygen atoms in total.